The van der Waals surface area contributed by atoms with Crippen molar-refractivity contribution in [2.24, 2.45) is 0 Å². The third-order valence-electron chi connectivity index (χ3n) is 7.05. The average molecular weight is 584 g/mol. The largest absolute Gasteiger partial charge is 0.481 e. The number of nitriles is 1. The molecule has 3 heterocycles. The summed E-state index contributed by atoms with van der Waals surface area (Å²) in [4.78, 5) is 43.4. The zero-order valence-corrected chi connectivity index (χ0v) is 24.0. The highest BCUT2D eigenvalue weighted by molar-refractivity contribution is 8.26. The number of carbonyl (C=O) groups is 2. The van der Waals surface area contributed by atoms with Crippen LogP contribution >= 0.6 is 24.0 Å². The first-order chi connectivity index (χ1) is 19.2. The van der Waals surface area contributed by atoms with Gasteiger partial charge in [0.1, 0.15) is 27.6 Å². The second kappa shape index (κ2) is 12.7. The van der Waals surface area contributed by atoms with E-state index < -0.39 is 11.9 Å². The number of piperazine rings is 1. The number of thiocarbonyl (C=S) groups is 1. The van der Waals surface area contributed by atoms with Crippen LogP contribution in [0.25, 0.3) is 6.08 Å². The van der Waals surface area contributed by atoms with Gasteiger partial charge in [-0.25, -0.2) is 4.39 Å². The molecule has 2 fully saturated rings. The number of aromatic nitrogens is 1. The summed E-state index contributed by atoms with van der Waals surface area (Å²) in [5.74, 6) is -1.13. The fourth-order valence-electron chi connectivity index (χ4n) is 4.91. The number of carboxylic acid groups (broad SMARTS) is 1. The number of nitrogens with zero attached hydrogens (tertiary/aromatic N) is 5. The molecule has 1 aromatic carbocycles. The van der Waals surface area contributed by atoms with Gasteiger partial charge in [-0.2, -0.15) is 5.26 Å². The molecule has 2 aliphatic rings. The zero-order valence-electron chi connectivity index (χ0n) is 22.4. The van der Waals surface area contributed by atoms with Crippen LogP contribution in [0.4, 0.5) is 15.9 Å². The summed E-state index contributed by atoms with van der Waals surface area (Å²) in [5.41, 5.74) is 1.18. The second-order valence-corrected chi connectivity index (χ2v) is 11.2. The van der Waals surface area contributed by atoms with Gasteiger partial charge in [-0.05, 0) is 37.1 Å². The molecular weight excluding hydrogens is 553 g/mol. The number of thioether (sulfide) groups is 1. The van der Waals surface area contributed by atoms with Crippen LogP contribution in [0, 0.1) is 24.1 Å². The van der Waals surface area contributed by atoms with Gasteiger partial charge in [-0.3, -0.25) is 23.9 Å². The number of rotatable bonds is 9. The van der Waals surface area contributed by atoms with E-state index in [0.717, 1.165) is 18.2 Å². The van der Waals surface area contributed by atoms with Crippen LogP contribution in [0.1, 0.15) is 42.9 Å². The Hall–Kier alpha value is -3.69. The van der Waals surface area contributed by atoms with E-state index in [-0.39, 0.29) is 34.2 Å². The fraction of sp³-hybridized carbons (Fsp3) is 0.393. The molecule has 0 bridgehead atoms. The molecule has 2 aromatic rings. The highest BCUT2D eigenvalue weighted by Gasteiger charge is 2.34. The lowest BCUT2D eigenvalue weighted by molar-refractivity contribution is -0.137. The van der Waals surface area contributed by atoms with Gasteiger partial charge in [0.15, 0.2) is 0 Å². The number of amides is 1. The third kappa shape index (κ3) is 5.90. The van der Waals surface area contributed by atoms with Crippen LogP contribution in [-0.2, 0) is 16.1 Å². The predicted octanol–water partition coefficient (Wildman–Crippen LogP) is 3.97. The van der Waals surface area contributed by atoms with E-state index in [1.54, 1.807) is 35.8 Å². The number of pyridine rings is 1. The summed E-state index contributed by atoms with van der Waals surface area (Å²) in [5, 5.41) is 18.9. The SMILES string of the molecule is CCCCn1c(N2CCN(c3ccccc3F)CC2)c(/C=C2\SC(=S)N(CCC(=O)O)C2=O)c(C)c(C#N)c1=O. The van der Waals surface area contributed by atoms with E-state index in [4.69, 9.17) is 17.3 Å². The number of carboxylic acids is 1. The Morgan fingerprint density at radius 2 is 1.85 bits per heavy atom. The summed E-state index contributed by atoms with van der Waals surface area (Å²) < 4.78 is 16.3. The van der Waals surface area contributed by atoms with Crippen LogP contribution < -0.4 is 15.4 Å². The fourth-order valence-corrected chi connectivity index (χ4v) is 6.20. The maximum Gasteiger partial charge on any atom is 0.305 e. The average Bonchev–Trinajstić information content (AvgIpc) is 3.20. The summed E-state index contributed by atoms with van der Waals surface area (Å²) >= 11 is 6.43. The first kappa shape index (κ1) is 29.3. The lowest BCUT2D eigenvalue weighted by Gasteiger charge is -2.39. The molecule has 0 atom stereocenters. The molecule has 0 unspecified atom stereocenters. The molecule has 0 aliphatic carbocycles. The van der Waals surface area contributed by atoms with Crippen LogP contribution in [0.3, 0.4) is 0 Å². The maximum atomic E-state index is 14.5. The Kier molecular flexibility index (Phi) is 9.27. The lowest BCUT2D eigenvalue weighted by atomic mass is 10.0. The van der Waals surface area contributed by atoms with Crippen molar-refractivity contribution in [1.29, 1.82) is 5.26 Å². The van der Waals surface area contributed by atoms with Gasteiger partial charge in [0.05, 0.1) is 17.0 Å². The number of hydrogen-bond acceptors (Lipinski definition) is 8. The summed E-state index contributed by atoms with van der Waals surface area (Å²) in [6.07, 6.45) is 2.97. The molecule has 1 amide bonds. The molecule has 40 heavy (non-hydrogen) atoms. The normalized spacial score (nSPS) is 16.6. The monoisotopic (exact) mass is 583 g/mol. The molecule has 2 saturated heterocycles. The van der Waals surface area contributed by atoms with Crippen molar-refractivity contribution in [3.8, 4) is 6.07 Å². The number of hydrogen-bond donors (Lipinski definition) is 1. The first-order valence-electron chi connectivity index (χ1n) is 13.1. The van der Waals surface area contributed by atoms with Crippen molar-refractivity contribution in [3.63, 3.8) is 0 Å². The molecule has 0 saturated carbocycles. The third-order valence-corrected chi connectivity index (χ3v) is 8.43. The molecular formula is C28H30FN5O4S2. The Labute approximate surface area is 241 Å². The minimum atomic E-state index is -1.03. The predicted molar refractivity (Wildman–Crippen MR) is 158 cm³/mol. The van der Waals surface area contributed by atoms with Crippen molar-refractivity contribution in [2.45, 2.75) is 39.7 Å². The first-order valence-corrected chi connectivity index (χ1v) is 14.3. The lowest BCUT2D eigenvalue weighted by Crippen LogP contribution is -2.49. The molecule has 4 rings (SSSR count). The molecule has 12 heteroatoms. The number of aliphatic carboxylic acids is 1. The summed E-state index contributed by atoms with van der Waals surface area (Å²) in [6.45, 7) is 6.07. The van der Waals surface area contributed by atoms with E-state index >= 15 is 0 Å². The Morgan fingerprint density at radius 3 is 2.48 bits per heavy atom. The zero-order chi connectivity index (χ0) is 29.0. The van der Waals surface area contributed by atoms with Gasteiger partial charge in [0.2, 0.25) is 0 Å². The number of halogens is 1. The van der Waals surface area contributed by atoms with Crippen molar-refractivity contribution in [3.05, 3.63) is 62.0 Å². The van der Waals surface area contributed by atoms with Crippen molar-refractivity contribution >= 4 is 57.8 Å². The molecule has 1 aromatic heterocycles. The highest BCUT2D eigenvalue weighted by atomic mass is 32.2. The smallest absolute Gasteiger partial charge is 0.305 e. The molecule has 0 radical (unpaired) electrons. The van der Waals surface area contributed by atoms with E-state index in [1.165, 1.54) is 11.0 Å². The van der Waals surface area contributed by atoms with E-state index in [1.807, 2.05) is 17.9 Å². The van der Waals surface area contributed by atoms with E-state index in [9.17, 15) is 24.0 Å². The van der Waals surface area contributed by atoms with Crippen LogP contribution in [0.15, 0.2) is 34.0 Å². The Bertz CT molecular complexity index is 1470. The number of para-hydroxylation sites is 1. The van der Waals surface area contributed by atoms with Gasteiger partial charge < -0.3 is 14.9 Å². The number of anilines is 2. The van der Waals surface area contributed by atoms with Gasteiger partial charge >= 0.3 is 5.97 Å². The number of carbonyl (C=O) groups excluding carboxylic acids is 1. The van der Waals surface area contributed by atoms with Crippen LogP contribution in [0.5, 0.6) is 0 Å². The van der Waals surface area contributed by atoms with Gasteiger partial charge in [0.25, 0.3) is 11.5 Å². The molecule has 210 valence electrons. The minimum Gasteiger partial charge on any atom is -0.481 e. The van der Waals surface area contributed by atoms with Crippen molar-refractivity contribution in [1.82, 2.24) is 9.47 Å². The van der Waals surface area contributed by atoms with E-state index in [0.29, 0.717) is 66.7 Å². The van der Waals surface area contributed by atoms with Crippen LogP contribution in [0.2, 0.25) is 0 Å². The summed E-state index contributed by atoms with van der Waals surface area (Å²) in [7, 11) is 0. The van der Waals surface area contributed by atoms with Gasteiger partial charge in [-0.15, -0.1) is 0 Å². The quantitative estimate of drug-likeness (QED) is 0.346. The molecule has 0 spiro atoms. The number of unbranched alkanes of at least 4 members (excludes halogenated alkanes) is 1. The van der Waals surface area contributed by atoms with Crippen molar-refractivity contribution < 1.29 is 19.1 Å². The Morgan fingerprint density at radius 1 is 1.18 bits per heavy atom. The second-order valence-electron chi connectivity index (χ2n) is 9.56. The van der Waals surface area contributed by atoms with Crippen molar-refractivity contribution in [2.75, 3.05) is 42.5 Å². The highest BCUT2D eigenvalue weighted by Crippen LogP contribution is 2.36. The molecule has 1 N–H and O–H groups in total. The maximum absolute atomic E-state index is 14.5. The Balaban J connectivity index is 1.78. The topological polar surface area (TPSA) is 110 Å². The van der Waals surface area contributed by atoms with Gasteiger partial charge in [0, 0.05) is 44.8 Å². The molecule has 9 nitrogen and oxygen atoms in total. The minimum absolute atomic E-state index is 0.0115. The van der Waals surface area contributed by atoms with Crippen LogP contribution in [-0.4, -0.2) is 63.5 Å². The molecule has 2 aliphatic heterocycles. The summed E-state index contributed by atoms with van der Waals surface area (Å²) in [6, 6.07) is 8.66. The van der Waals surface area contributed by atoms with E-state index in [2.05, 4.69) is 4.90 Å². The van der Waals surface area contributed by atoms with Gasteiger partial charge in [-0.1, -0.05) is 49.5 Å². The standard InChI is InChI=1S/C28H30FN5O4S2/c1-3-4-10-33-25(32-14-12-31(13-15-32)22-8-6-5-7-21(22)29)19(18(2)20(17-30)26(33)37)16-23-27(38)34(28(39)40-23)11-9-24(35)36/h5-8,16H,3-4,9-15H2,1-2H3,(H,35,36)/b23-16-. The number of benzene rings is 1.